The van der Waals surface area contributed by atoms with Crippen LogP contribution in [-0.2, 0) is 0 Å². The second kappa shape index (κ2) is 36.7. The van der Waals surface area contributed by atoms with Crippen molar-refractivity contribution in [3.63, 3.8) is 0 Å². The topological polar surface area (TPSA) is 0 Å². The number of thioether (sulfide) groups is 1. The molecule has 216 valence electrons. The van der Waals surface area contributed by atoms with Crippen molar-refractivity contribution in [1.29, 1.82) is 0 Å². The molecule has 0 radical (unpaired) electrons. The molecule has 0 saturated heterocycles. The van der Waals surface area contributed by atoms with E-state index in [4.69, 9.17) is 0 Å². The Morgan fingerprint density at radius 3 is 1.53 bits per heavy atom. The molecular weight excluding hydrogens is 452 g/mol. The van der Waals surface area contributed by atoms with Crippen molar-refractivity contribution >= 4 is 11.8 Å². The molecule has 0 spiro atoms. The predicted molar refractivity (Wildman–Crippen MR) is 175 cm³/mol. The highest BCUT2D eigenvalue weighted by molar-refractivity contribution is 8.03. The first-order valence-electron chi connectivity index (χ1n) is 16.1. The number of unbranched alkanes of at least 4 members (excludes halogenated alkanes) is 14. The van der Waals surface area contributed by atoms with Crippen LogP contribution in [-0.4, -0.2) is 5.25 Å². The van der Waals surface area contributed by atoms with E-state index in [-0.39, 0.29) is 0 Å². The molecule has 0 aliphatic rings. The quantitative estimate of drug-likeness (QED) is 0.0848. The van der Waals surface area contributed by atoms with Crippen LogP contribution < -0.4 is 0 Å². The third kappa shape index (κ3) is 38.1. The summed E-state index contributed by atoms with van der Waals surface area (Å²) in [5, 5.41) is 0.804. The lowest BCUT2D eigenvalue weighted by molar-refractivity contribution is 0.545. The lowest BCUT2D eigenvalue weighted by Crippen LogP contribution is -2.03. The Hall–Kier alpha value is -0.430. The van der Waals surface area contributed by atoms with E-state index in [1.807, 2.05) is 19.9 Å². The van der Waals surface area contributed by atoms with Gasteiger partial charge in [0.25, 0.3) is 0 Å². The second-order valence-corrected chi connectivity index (χ2v) is 11.8. The van der Waals surface area contributed by atoms with E-state index in [0.29, 0.717) is 0 Å². The maximum Gasteiger partial charge on any atom is 0.00909 e. The van der Waals surface area contributed by atoms with Crippen LogP contribution in [0.5, 0.6) is 0 Å². The Labute approximate surface area is 235 Å². The fourth-order valence-corrected chi connectivity index (χ4v) is 5.43. The Morgan fingerprint density at radius 2 is 1.06 bits per heavy atom. The molecule has 0 aliphatic heterocycles. The minimum atomic E-state index is 0.804. The second-order valence-electron chi connectivity index (χ2n) is 10.3. The molecule has 1 heteroatoms. The van der Waals surface area contributed by atoms with Gasteiger partial charge in [0.1, 0.15) is 0 Å². The van der Waals surface area contributed by atoms with Gasteiger partial charge in [0.2, 0.25) is 0 Å². The molecule has 0 rings (SSSR count). The molecule has 0 aliphatic carbocycles. The summed E-state index contributed by atoms with van der Waals surface area (Å²) in [6.45, 7) is 25.1. The van der Waals surface area contributed by atoms with Gasteiger partial charge >= 0.3 is 0 Å². The summed E-state index contributed by atoms with van der Waals surface area (Å²) >= 11 is 2.11. The van der Waals surface area contributed by atoms with E-state index in [0.717, 1.165) is 5.25 Å². The first kappa shape index (κ1) is 40.1. The zero-order chi connectivity index (χ0) is 27.7. The Bertz CT molecular complexity index is 432. The van der Waals surface area contributed by atoms with Crippen LogP contribution in [0.3, 0.4) is 0 Å². The normalized spacial score (nSPS) is 11.1. The zero-order valence-corrected chi connectivity index (χ0v) is 27.1. The third-order valence-corrected chi connectivity index (χ3v) is 7.76. The van der Waals surface area contributed by atoms with Crippen molar-refractivity contribution in [2.45, 2.75) is 188 Å². The van der Waals surface area contributed by atoms with Crippen LogP contribution in [0.15, 0.2) is 36.3 Å². The summed E-state index contributed by atoms with van der Waals surface area (Å²) in [4.78, 5) is 1.43. The maximum absolute atomic E-state index is 4.34. The van der Waals surface area contributed by atoms with E-state index in [1.54, 1.807) is 0 Å². The molecule has 0 aromatic rings. The van der Waals surface area contributed by atoms with Crippen molar-refractivity contribution in [2.24, 2.45) is 0 Å². The lowest BCUT2D eigenvalue weighted by Gasteiger charge is -2.18. The van der Waals surface area contributed by atoms with E-state index in [2.05, 4.69) is 59.2 Å². The molecule has 0 aromatic heterocycles. The Balaban J connectivity index is -0.00000103. The minimum Gasteiger partial charge on any atom is -0.128 e. The average Bonchev–Trinajstić information content (AvgIpc) is 2.87. The monoisotopic (exact) mass is 523 g/mol. The molecule has 0 N–H and O–H groups in total. The fourth-order valence-electron chi connectivity index (χ4n) is 4.13. The van der Waals surface area contributed by atoms with Crippen LogP contribution in [0.25, 0.3) is 0 Å². The van der Waals surface area contributed by atoms with Gasteiger partial charge in [-0.05, 0) is 63.2 Å². The number of hydrogen-bond donors (Lipinski definition) is 0. The number of rotatable bonds is 25. The fraction of sp³-hybridized carbons (Fsp3) is 0.829. The zero-order valence-electron chi connectivity index (χ0n) is 26.2. The van der Waals surface area contributed by atoms with Crippen molar-refractivity contribution in [1.82, 2.24) is 0 Å². The van der Waals surface area contributed by atoms with Crippen molar-refractivity contribution in [2.75, 3.05) is 0 Å². The van der Waals surface area contributed by atoms with Crippen molar-refractivity contribution in [3.05, 3.63) is 36.3 Å². The van der Waals surface area contributed by atoms with E-state index >= 15 is 0 Å². The largest absolute Gasteiger partial charge is 0.128 e. The standard InChI is InChI=1S/C26H48S.C7H16.C2H6/c1-6-8-10-11-12-15-18-22-26(27-25(5)21-9-7-2)23-19-16-13-14-17-20-24(3)4;1-3-5-7-6-4-2;1-2/h6,26H,1,3,5,7-23H2,2,4H3;3-7H2,1-2H3;1-2H3. The first-order chi connectivity index (χ1) is 17.5. The molecule has 1 atom stereocenters. The maximum atomic E-state index is 4.34. The van der Waals surface area contributed by atoms with Gasteiger partial charge in [0.05, 0.1) is 0 Å². The average molecular weight is 523 g/mol. The molecule has 36 heavy (non-hydrogen) atoms. The number of allylic oxidation sites excluding steroid dienone is 3. The van der Waals surface area contributed by atoms with Gasteiger partial charge in [-0.15, -0.1) is 24.9 Å². The molecule has 0 saturated carbocycles. The SMILES string of the molecule is C=CCCCCCCCC(CCCCCCCC(=C)C)SC(=C)CCCC.CC.CCCCCCC. The molecule has 0 amide bonds. The highest BCUT2D eigenvalue weighted by Crippen LogP contribution is 2.31. The molecular formula is C35H70S. The molecule has 0 fully saturated rings. The van der Waals surface area contributed by atoms with E-state index in [1.165, 1.54) is 152 Å². The van der Waals surface area contributed by atoms with E-state index in [9.17, 15) is 0 Å². The first-order valence-corrected chi connectivity index (χ1v) is 17.0. The van der Waals surface area contributed by atoms with Gasteiger partial charge < -0.3 is 0 Å². The molecule has 0 heterocycles. The van der Waals surface area contributed by atoms with Gasteiger partial charge in [-0.1, -0.05) is 143 Å². The van der Waals surface area contributed by atoms with Crippen LogP contribution in [0.2, 0.25) is 0 Å². The summed E-state index contributed by atoms with van der Waals surface area (Å²) in [6, 6.07) is 0. The molecule has 0 aromatic carbocycles. The summed E-state index contributed by atoms with van der Waals surface area (Å²) in [5.74, 6) is 0. The van der Waals surface area contributed by atoms with Gasteiger partial charge in [-0.25, -0.2) is 0 Å². The van der Waals surface area contributed by atoms with Crippen LogP contribution in [0.1, 0.15) is 183 Å². The summed E-state index contributed by atoms with van der Waals surface area (Å²) < 4.78 is 0. The number of hydrogen-bond acceptors (Lipinski definition) is 1. The lowest BCUT2D eigenvalue weighted by atomic mass is 10.0. The van der Waals surface area contributed by atoms with E-state index < -0.39 is 0 Å². The van der Waals surface area contributed by atoms with Gasteiger partial charge in [0.15, 0.2) is 0 Å². The summed E-state index contributed by atoms with van der Waals surface area (Å²) in [7, 11) is 0. The summed E-state index contributed by atoms with van der Waals surface area (Å²) in [5.41, 5.74) is 1.33. The van der Waals surface area contributed by atoms with Crippen LogP contribution >= 0.6 is 11.8 Å². The Morgan fingerprint density at radius 1 is 0.611 bits per heavy atom. The Kier molecular flexibility index (Phi) is 40.9. The molecule has 1 unspecified atom stereocenters. The third-order valence-electron chi connectivity index (χ3n) is 6.41. The minimum absolute atomic E-state index is 0.804. The van der Waals surface area contributed by atoms with Crippen molar-refractivity contribution < 1.29 is 0 Å². The van der Waals surface area contributed by atoms with Crippen LogP contribution in [0.4, 0.5) is 0 Å². The highest BCUT2D eigenvalue weighted by Gasteiger charge is 2.11. The summed E-state index contributed by atoms with van der Waals surface area (Å²) in [6.07, 6.45) is 31.8. The molecule has 0 nitrogen and oxygen atoms in total. The van der Waals surface area contributed by atoms with Crippen LogP contribution in [0, 0.1) is 0 Å². The molecule has 0 bridgehead atoms. The van der Waals surface area contributed by atoms with Gasteiger partial charge in [0, 0.05) is 5.25 Å². The van der Waals surface area contributed by atoms with Gasteiger partial charge in [-0.2, -0.15) is 0 Å². The smallest absolute Gasteiger partial charge is 0.00909 e. The van der Waals surface area contributed by atoms with Crippen molar-refractivity contribution in [3.8, 4) is 0 Å². The predicted octanol–water partition coefficient (Wildman–Crippen LogP) is 14.0. The van der Waals surface area contributed by atoms with Gasteiger partial charge in [-0.3, -0.25) is 0 Å². The highest BCUT2D eigenvalue weighted by atomic mass is 32.2.